The van der Waals surface area contributed by atoms with Crippen molar-refractivity contribution in [3.63, 3.8) is 0 Å². The van der Waals surface area contributed by atoms with Gasteiger partial charge in [0.1, 0.15) is 16.5 Å². The number of hydrogen-bond donors (Lipinski definition) is 2. The smallest absolute Gasteiger partial charge is 0.275 e. The molecule has 2 amide bonds. The Bertz CT molecular complexity index is 780. The molecule has 2 heterocycles. The predicted molar refractivity (Wildman–Crippen MR) is 99.8 cm³/mol. The molecule has 0 bridgehead atoms. The molecule has 0 spiro atoms. The highest BCUT2D eigenvalue weighted by atomic mass is 35.5. The Morgan fingerprint density at radius 1 is 1.48 bits per heavy atom. The number of hydrogen-bond acceptors (Lipinski definition) is 6. The summed E-state index contributed by atoms with van der Waals surface area (Å²) in [6.07, 6.45) is 1.39. The lowest BCUT2D eigenvalue weighted by Crippen LogP contribution is -2.24. The van der Waals surface area contributed by atoms with E-state index in [1.807, 2.05) is 0 Å². The molecule has 3 rings (SSSR count). The van der Waals surface area contributed by atoms with Gasteiger partial charge in [0, 0.05) is 36.6 Å². The van der Waals surface area contributed by atoms with E-state index in [0.29, 0.717) is 41.6 Å². The Balaban J connectivity index is 0.00000225. The Morgan fingerprint density at radius 3 is 2.88 bits per heavy atom. The Kier molecular flexibility index (Phi) is 6.35. The second-order valence-corrected chi connectivity index (χ2v) is 6.26. The van der Waals surface area contributed by atoms with E-state index in [1.54, 1.807) is 35.6 Å². The molecule has 0 unspecified atom stereocenters. The van der Waals surface area contributed by atoms with Gasteiger partial charge in [-0.1, -0.05) is 0 Å². The predicted octanol–water partition coefficient (Wildman–Crippen LogP) is 2.41. The van der Waals surface area contributed by atoms with E-state index in [4.69, 9.17) is 10.5 Å². The molecule has 1 aromatic heterocycles. The quantitative estimate of drug-likeness (QED) is 0.827. The van der Waals surface area contributed by atoms with E-state index in [9.17, 15) is 9.59 Å². The number of methoxy groups -OCH3 is 1. The lowest BCUT2D eigenvalue weighted by molar-refractivity contribution is -0.117. The van der Waals surface area contributed by atoms with Crippen LogP contribution in [0.3, 0.4) is 0 Å². The molecule has 134 valence electrons. The van der Waals surface area contributed by atoms with Crippen molar-refractivity contribution in [1.82, 2.24) is 4.98 Å². The van der Waals surface area contributed by atoms with Gasteiger partial charge in [0.25, 0.3) is 5.91 Å². The average Bonchev–Trinajstić information content (AvgIpc) is 3.23. The summed E-state index contributed by atoms with van der Waals surface area (Å²) in [5.74, 6) is 0.323. The number of anilines is 2. The van der Waals surface area contributed by atoms with Gasteiger partial charge in [0.15, 0.2) is 0 Å². The SMILES string of the molecule is COc1cc(NC(=O)c2csc(CN)n2)ccc1N1CCCC1=O.Cl. The van der Waals surface area contributed by atoms with Crippen molar-refractivity contribution >= 4 is 46.9 Å². The Morgan fingerprint density at radius 2 is 2.28 bits per heavy atom. The third kappa shape index (κ3) is 4.09. The Labute approximate surface area is 155 Å². The van der Waals surface area contributed by atoms with E-state index in [0.717, 1.165) is 12.1 Å². The van der Waals surface area contributed by atoms with E-state index in [-0.39, 0.29) is 24.2 Å². The molecule has 25 heavy (non-hydrogen) atoms. The highest BCUT2D eigenvalue weighted by Crippen LogP contribution is 2.33. The fourth-order valence-electron chi connectivity index (χ4n) is 2.59. The van der Waals surface area contributed by atoms with Crippen molar-refractivity contribution in [1.29, 1.82) is 0 Å². The summed E-state index contributed by atoms with van der Waals surface area (Å²) in [7, 11) is 1.54. The van der Waals surface area contributed by atoms with Gasteiger partial charge in [0.2, 0.25) is 5.91 Å². The number of aromatic nitrogens is 1. The summed E-state index contributed by atoms with van der Waals surface area (Å²) >= 11 is 1.35. The topological polar surface area (TPSA) is 97.5 Å². The van der Waals surface area contributed by atoms with Crippen molar-refractivity contribution in [3.05, 3.63) is 34.3 Å². The van der Waals surface area contributed by atoms with Crippen LogP contribution in [0, 0.1) is 0 Å². The van der Waals surface area contributed by atoms with Crippen molar-refractivity contribution in [2.45, 2.75) is 19.4 Å². The van der Waals surface area contributed by atoms with E-state index < -0.39 is 0 Å². The van der Waals surface area contributed by atoms with Gasteiger partial charge in [-0.25, -0.2) is 4.98 Å². The third-order valence-electron chi connectivity index (χ3n) is 3.76. The minimum Gasteiger partial charge on any atom is -0.494 e. The molecule has 3 N–H and O–H groups in total. The highest BCUT2D eigenvalue weighted by Gasteiger charge is 2.24. The highest BCUT2D eigenvalue weighted by molar-refractivity contribution is 7.09. The molecular weight excluding hydrogens is 364 g/mol. The van der Waals surface area contributed by atoms with Gasteiger partial charge in [-0.05, 0) is 18.6 Å². The van der Waals surface area contributed by atoms with Crippen LogP contribution in [0.25, 0.3) is 0 Å². The summed E-state index contributed by atoms with van der Waals surface area (Å²) in [6.45, 7) is 0.992. The van der Waals surface area contributed by atoms with Gasteiger partial charge >= 0.3 is 0 Å². The largest absolute Gasteiger partial charge is 0.494 e. The number of ether oxygens (including phenoxy) is 1. The molecule has 0 saturated carbocycles. The first kappa shape index (κ1) is 19.2. The number of benzene rings is 1. The van der Waals surface area contributed by atoms with Crippen LogP contribution >= 0.6 is 23.7 Å². The van der Waals surface area contributed by atoms with Crippen LogP contribution in [0.2, 0.25) is 0 Å². The first-order valence-corrected chi connectivity index (χ1v) is 8.44. The Hall–Kier alpha value is -2.16. The maximum absolute atomic E-state index is 12.2. The lowest BCUT2D eigenvalue weighted by Gasteiger charge is -2.19. The molecule has 1 saturated heterocycles. The molecule has 0 atom stereocenters. The van der Waals surface area contributed by atoms with Gasteiger partial charge < -0.3 is 20.7 Å². The zero-order chi connectivity index (χ0) is 17.1. The molecule has 1 aliphatic rings. The number of carbonyl (C=O) groups is 2. The van der Waals surface area contributed by atoms with E-state index in [2.05, 4.69) is 10.3 Å². The maximum Gasteiger partial charge on any atom is 0.275 e. The van der Waals surface area contributed by atoms with Crippen molar-refractivity contribution in [2.24, 2.45) is 5.73 Å². The molecule has 2 aromatic rings. The van der Waals surface area contributed by atoms with E-state index in [1.165, 1.54) is 11.3 Å². The lowest BCUT2D eigenvalue weighted by atomic mass is 10.2. The second kappa shape index (κ2) is 8.28. The molecule has 9 heteroatoms. The monoisotopic (exact) mass is 382 g/mol. The summed E-state index contributed by atoms with van der Waals surface area (Å²) in [5, 5.41) is 5.16. The number of halogens is 1. The minimum atomic E-state index is -0.307. The van der Waals surface area contributed by atoms with Crippen LogP contribution in [0.15, 0.2) is 23.6 Å². The number of thiazole rings is 1. The zero-order valence-corrected chi connectivity index (χ0v) is 15.3. The molecular formula is C16H19ClN4O3S. The van der Waals surface area contributed by atoms with Crippen LogP contribution in [0.4, 0.5) is 11.4 Å². The molecule has 1 aliphatic heterocycles. The van der Waals surface area contributed by atoms with Crippen LogP contribution in [-0.4, -0.2) is 30.5 Å². The van der Waals surface area contributed by atoms with Gasteiger partial charge in [-0.2, -0.15) is 0 Å². The first-order valence-electron chi connectivity index (χ1n) is 7.56. The fraction of sp³-hybridized carbons (Fsp3) is 0.312. The number of nitrogens with two attached hydrogens (primary N) is 1. The summed E-state index contributed by atoms with van der Waals surface area (Å²) in [4.78, 5) is 30.0. The van der Waals surface area contributed by atoms with Crippen molar-refractivity contribution in [3.8, 4) is 5.75 Å². The van der Waals surface area contributed by atoms with Crippen LogP contribution < -0.4 is 20.7 Å². The zero-order valence-electron chi connectivity index (χ0n) is 13.7. The second-order valence-electron chi connectivity index (χ2n) is 5.32. The number of carbonyl (C=O) groups excluding carboxylic acids is 2. The van der Waals surface area contributed by atoms with Crippen molar-refractivity contribution in [2.75, 3.05) is 23.9 Å². The maximum atomic E-state index is 12.2. The van der Waals surface area contributed by atoms with Gasteiger partial charge in [-0.3, -0.25) is 9.59 Å². The number of amides is 2. The van der Waals surface area contributed by atoms with Crippen LogP contribution in [0.5, 0.6) is 5.75 Å². The number of rotatable bonds is 5. The number of nitrogens with one attached hydrogen (secondary N) is 1. The molecule has 0 aliphatic carbocycles. The van der Waals surface area contributed by atoms with Crippen molar-refractivity contribution < 1.29 is 14.3 Å². The average molecular weight is 383 g/mol. The summed E-state index contributed by atoms with van der Waals surface area (Å²) in [6, 6.07) is 5.23. The van der Waals surface area contributed by atoms with Gasteiger partial charge in [0.05, 0.1) is 12.8 Å². The molecule has 1 aromatic carbocycles. The minimum absolute atomic E-state index is 0. The van der Waals surface area contributed by atoms with E-state index >= 15 is 0 Å². The molecule has 0 radical (unpaired) electrons. The summed E-state index contributed by atoms with van der Waals surface area (Å²) in [5.41, 5.74) is 7.14. The first-order chi connectivity index (χ1) is 11.6. The standard InChI is InChI=1S/C16H18N4O3S.ClH/c1-23-13-7-10(4-5-12(13)20-6-2-3-15(20)21)18-16(22)11-9-24-14(8-17)19-11;/h4-5,7,9H,2-3,6,8,17H2,1H3,(H,18,22);1H. The molecule has 1 fully saturated rings. The normalized spacial score (nSPS) is 13.5. The molecule has 7 nitrogen and oxygen atoms in total. The van der Waals surface area contributed by atoms with Gasteiger partial charge in [-0.15, -0.1) is 23.7 Å². The summed E-state index contributed by atoms with van der Waals surface area (Å²) < 4.78 is 5.38. The fourth-order valence-corrected chi connectivity index (χ4v) is 3.24. The van der Waals surface area contributed by atoms with Crippen LogP contribution in [-0.2, 0) is 11.3 Å². The van der Waals surface area contributed by atoms with Crippen LogP contribution in [0.1, 0.15) is 28.3 Å². The number of nitrogens with zero attached hydrogens (tertiary/aromatic N) is 2. The third-order valence-corrected chi connectivity index (χ3v) is 4.63.